The molecule has 2 heterocycles. The summed E-state index contributed by atoms with van der Waals surface area (Å²) >= 11 is 0. The van der Waals surface area contributed by atoms with Crippen LogP contribution in [0.3, 0.4) is 0 Å². The number of benzene rings is 2. The molecule has 0 saturated carbocycles. The third kappa shape index (κ3) is 2.93. The molecular formula is C23H19NO5. The number of hydrogen-bond donors (Lipinski definition) is 2. The monoisotopic (exact) mass is 389 g/mol. The summed E-state index contributed by atoms with van der Waals surface area (Å²) in [5.41, 5.74) is 2.53. The maximum Gasteiger partial charge on any atom is 0.353 e. The van der Waals surface area contributed by atoms with Crippen molar-refractivity contribution >= 4 is 16.9 Å². The van der Waals surface area contributed by atoms with Crippen LogP contribution >= 0.6 is 0 Å². The predicted octanol–water partition coefficient (Wildman–Crippen LogP) is 4.50. The van der Waals surface area contributed by atoms with Crippen molar-refractivity contribution in [1.82, 2.24) is 4.57 Å². The van der Waals surface area contributed by atoms with E-state index in [0.717, 1.165) is 28.0 Å². The van der Waals surface area contributed by atoms with Crippen LogP contribution in [0, 0.1) is 5.92 Å². The Morgan fingerprint density at radius 1 is 1.10 bits per heavy atom. The molecular weight excluding hydrogens is 370 g/mol. The van der Waals surface area contributed by atoms with Gasteiger partial charge in [-0.15, -0.1) is 0 Å². The van der Waals surface area contributed by atoms with Crippen molar-refractivity contribution in [2.75, 3.05) is 6.79 Å². The smallest absolute Gasteiger partial charge is 0.353 e. The van der Waals surface area contributed by atoms with Gasteiger partial charge in [-0.1, -0.05) is 36.4 Å². The highest BCUT2D eigenvalue weighted by molar-refractivity contribution is 6.08. The number of ether oxygens (including phenoxy) is 2. The van der Waals surface area contributed by atoms with Crippen molar-refractivity contribution in [3.05, 3.63) is 77.9 Å². The fourth-order valence-corrected chi connectivity index (χ4v) is 4.14. The second kappa shape index (κ2) is 6.74. The third-order valence-electron chi connectivity index (χ3n) is 5.44. The van der Waals surface area contributed by atoms with Gasteiger partial charge in [-0.2, -0.15) is 0 Å². The van der Waals surface area contributed by atoms with E-state index in [0.29, 0.717) is 18.5 Å². The number of fused-ring (bicyclic) bond motifs is 1. The van der Waals surface area contributed by atoms with E-state index in [1.54, 1.807) is 24.3 Å². The number of carbonyl (C=O) groups is 1. The molecule has 1 aromatic heterocycles. The molecule has 29 heavy (non-hydrogen) atoms. The summed E-state index contributed by atoms with van der Waals surface area (Å²) in [6, 6.07) is 14.3. The minimum Gasteiger partial charge on any atom is -0.508 e. The van der Waals surface area contributed by atoms with Crippen LogP contribution < -0.4 is 0 Å². The van der Waals surface area contributed by atoms with Gasteiger partial charge < -0.3 is 24.3 Å². The molecule has 1 aliphatic heterocycles. The minimum absolute atomic E-state index is 0.0945. The van der Waals surface area contributed by atoms with Crippen molar-refractivity contribution in [2.24, 2.45) is 5.92 Å². The lowest BCUT2D eigenvalue weighted by Crippen LogP contribution is -2.17. The van der Waals surface area contributed by atoms with E-state index in [-0.39, 0.29) is 24.2 Å². The molecule has 0 spiro atoms. The number of para-hydroxylation sites is 1. The van der Waals surface area contributed by atoms with E-state index < -0.39 is 5.97 Å². The zero-order chi connectivity index (χ0) is 20.0. The van der Waals surface area contributed by atoms with Gasteiger partial charge in [0.25, 0.3) is 0 Å². The molecule has 2 N–H and O–H groups in total. The Hall–Kier alpha value is -3.67. The Balaban J connectivity index is 1.63. The largest absolute Gasteiger partial charge is 0.508 e. The quantitative estimate of drug-likeness (QED) is 0.686. The Morgan fingerprint density at radius 2 is 1.90 bits per heavy atom. The standard InChI is InChI=1S/C23H19NO5/c25-16-8-6-15(7-9-16)21-17-3-1-2-4-18(17)24(22(21)23(26)27)12-14-5-10-19-20(11-14)29-13-28-19/h1-10,14,25H,11-13H2,(H,26,27). The van der Waals surface area contributed by atoms with Crippen LogP contribution in [0.5, 0.6) is 5.75 Å². The molecule has 0 bridgehead atoms. The first-order chi connectivity index (χ1) is 14.1. The molecule has 146 valence electrons. The number of aromatic nitrogens is 1. The number of phenols is 1. The molecule has 0 fully saturated rings. The minimum atomic E-state index is -0.982. The van der Waals surface area contributed by atoms with Crippen LogP contribution in [0.4, 0.5) is 0 Å². The zero-order valence-electron chi connectivity index (χ0n) is 15.5. The molecule has 1 unspecified atom stereocenters. The first-order valence-corrected chi connectivity index (χ1v) is 9.42. The molecule has 1 aliphatic carbocycles. The van der Waals surface area contributed by atoms with Gasteiger partial charge in [-0.25, -0.2) is 4.79 Å². The first-order valence-electron chi connectivity index (χ1n) is 9.42. The van der Waals surface area contributed by atoms with Gasteiger partial charge in [-0.3, -0.25) is 0 Å². The van der Waals surface area contributed by atoms with E-state index in [9.17, 15) is 15.0 Å². The lowest BCUT2D eigenvalue weighted by Gasteiger charge is -2.19. The van der Waals surface area contributed by atoms with Crippen molar-refractivity contribution in [1.29, 1.82) is 0 Å². The highest BCUT2D eigenvalue weighted by Crippen LogP contribution is 2.38. The maximum absolute atomic E-state index is 12.3. The number of carboxylic acids is 1. The van der Waals surface area contributed by atoms with Crippen LogP contribution in [0.2, 0.25) is 0 Å². The lowest BCUT2D eigenvalue weighted by atomic mass is 9.98. The van der Waals surface area contributed by atoms with Gasteiger partial charge in [0.2, 0.25) is 6.79 Å². The lowest BCUT2D eigenvalue weighted by molar-refractivity contribution is 0.0685. The van der Waals surface area contributed by atoms with Gasteiger partial charge in [0, 0.05) is 35.3 Å². The van der Waals surface area contributed by atoms with Crippen molar-refractivity contribution < 1.29 is 24.5 Å². The SMILES string of the molecule is O=C(O)c1c(-c2ccc(O)cc2)c2ccccc2n1CC1C=CC2=C(C1)OCO2. The Bertz CT molecular complexity index is 1170. The molecule has 6 heteroatoms. The van der Waals surface area contributed by atoms with Crippen molar-refractivity contribution in [3.8, 4) is 16.9 Å². The molecule has 0 saturated heterocycles. The van der Waals surface area contributed by atoms with Gasteiger partial charge in [0.1, 0.15) is 17.2 Å². The highest BCUT2D eigenvalue weighted by atomic mass is 16.7. The molecule has 2 aromatic carbocycles. The summed E-state index contributed by atoms with van der Waals surface area (Å²) in [4.78, 5) is 12.3. The molecule has 0 radical (unpaired) electrons. The van der Waals surface area contributed by atoms with Crippen LogP contribution in [-0.2, 0) is 16.0 Å². The number of hydrogen-bond acceptors (Lipinski definition) is 4. The van der Waals surface area contributed by atoms with Gasteiger partial charge in [0.15, 0.2) is 5.76 Å². The van der Waals surface area contributed by atoms with Crippen LogP contribution in [0.1, 0.15) is 16.9 Å². The fraction of sp³-hybridized carbons (Fsp3) is 0.174. The topological polar surface area (TPSA) is 80.9 Å². The molecule has 3 aromatic rings. The predicted molar refractivity (Wildman–Crippen MR) is 107 cm³/mol. The van der Waals surface area contributed by atoms with E-state index in [4.69, 9.17) is 9.47 Å². The molecule has 0 amide bonds. The maximum atomic E-state index is 12.3. The number of aromatic hydroxyl groups is 1. The highest BCUT2D eigenvalue weighted by Gasteiger charge is 2.28. The third-order valence-corrected chi connectivity index (χ3v) is 5.44. The summed E-state index contributed by atoms with van der Waals surface area (Å²) in [6.45, 7) is 0.746. The Labute approximate surface area is 166 Å². The summed E-state index contributed by atoms with van der Waals surface area (Å²) < 4.78 is 12.8. The summed E-state index contributed by atoms with van der Waals surface area (Å²) in [5.74, 6) is 0.845. The molecule has 5 rings (SSSR count). The fourth-order valence-electron chi connectivity index (χ4n) is 4.14. The number of carboxylic acid groups (broad SMARTS) is 1. The van der Waals surface area contributed by atoms with Gasteiger partial charge in [-0.05, 0) is 29.8 Å². The Morgan fingerprint density at radius 3 is 2.69 bits per heavy atom. The Kier molecular flexibility index (Phi) is 4.05. The second-order valence-electron chi connectivity index (χ2n) is 7.22. The number of rotatable bonds is 4. The number of allylic oxidation sites excluding steroid dienone is 3. The first kappa shape index (κ1) is 17.4. The summed E-state index contributed by atoms with van der Waals surface area (Å²) in [7, 11) is 0. The molecule has 6 nitrogen and oxygen atoms in total. The van der Waals surface area contributed by atoms with E-state index >= 15 is 0 Å². The van der Waals surface area contributed by atoms with Crippen LogP contribution in [0.25, 0.3) is 22.0 Å². The van der Waals surface area contributed by atoms with Crippen LogP contribution in [0.15, 0.2) is 72.2 Å². The number of phenolic OH excluding ortho intramolecular Hbond substituents is 1. The number of aromatic carboxylic acids is 1. The number of nitrogens with zero attached hydrogens (tertiary/aromatic N) is 1. The van der Waals surface area contributed by atoms with E-state index in [2.05, 4.69) is 0 Å². The van der Waals surface area contributed by atoms with Crippen LogP contribution in [-0.4, -0.2) is 27.5 Å². The van der Waals surface area contributed by atoms with E-state index in [1.165, 1.54) is 0 Å². The summed E-state index contributed by atoms with van der Waals surface area (Å²) in [6.07, 6.45) is 4.63. The van der Waals surface area contributed by atoms with Gasteiger partial charge in [0.05, 0.1) is 0 Å². The normalized spacial score (nSPS) is 17.9. The summed E-state index contributed by atoms with van der Waals surface area (Å²) in [5, 5.41) is 20.6. The second-order valence-corrected chi connectivity index (χ2v) is 7.22. The average molecular weight is 389 g/mol. The van der Waals surface area contributed by atoms with Crippen molar-refractivity contribution in [3.63, 3.8) is 0 Å². The molecule has 1 atom stereocenters. The van der Waals surface area contributed by atoms with E-state index in [1.807, 2.05) is 41.0 Å². The zero-order valence-corrected chi connectivity index (χ0v) is 15.5. The average Bonchev–Trinajstić information content (AvgIpc) is 3.31. The van der Waals surface area contributed by atoms with Gasteiger partial charge >= 0.3 is 5.97 Å². The molecule has 2 aliphatic rings. The van der Waals surface area contributed by atoms with Crippen molar-refractivity contribution in [2.45, 2.75) is 13.0 Å².